The van der Waals surface area contributed by atoms with E-state index in [2.05, 4.69) is 10.6 Å². The van der Waals surface area contributed by atoms with E-state index in [9.17, 15) is 4.79 Å². The van der Waals surface area contributed by atoms with Crippen molar-refractivity contribution in [1.82, 2.24) is 5.32 Å². The summed E-state index contributed by atoms with van der Waals surface area (Å²) in [5, 5.41) is 6.32. The van der Waals surface area contributed by atoms with E-state index in [1.807, 2.05) is 24.3 Å². The van der Waals surface area contributed by atoms with Crippen LogP contribution in [0.1, 0.15) is 25.7 Å². The van der Waals surface area contributed by atoms with Gasteiger partial charge in [-0.1, -0.05) is 24.4 Å². The molecule has 0 saturated heterocycles. The number of rotatable bonds is 9. The normalized spacial score (nSPS) is 10.3. The number of unbranched alkanes of at least 4 members (excludes halogenated alkanes) is 3. The molecule has 0 unspecified atom stereocenters. The molecule has 0 spiro atoms. The van der Waals surface area contributed by atoms with E-state index in [-0.39, 0.29) is 6.03 Å². The van der Waals surface area contributed by atoms with Crippen LogP contribution in [0.5, 0.6) is 5.75 Å². The van der Waals surface area contributed by atoms with Gasteiger partial charge in [0.25, 0.3) is 0 Å². The molecule has 0 aliphatic rings. The predicted molar refractivity (Wildman–Crippen MR) is 103 cm³/mol. The third-order valence-electron chi connectivity index (χ3n) is 3.61. The first-order valence-electron chi connectivity index (χ1n) is 8.42. The number of ether oxygens (including phenoxy) is 1. The first-order valence-corrected chi connectivity index (χ1v) is 8.80. The minimum absolute atomic E-state index is 0.198. The van der Waals surface area contributed by atoms with E-state index in [1.165, 1.54) is 0 Å². The lowest BCUT2D eigenvalue weighted by Crippen LogP contribution is -2.29. The SMILES string of the molecule is Nc1ccc(NC(=O)NCCCCCCOc2ccc(Cl)cc2)cc1. The molecule has 6 heteroatoms. The Morgan fingerprint density at radius 3 is 2.36 bits per heavy atom. The summed E-state index contributed by atoms with van der Waals surface area (Å²) < 4.78 is 5.63. The highest BCUT2D eigenvalue weighted by molar-refractivity contribution is 6.30. The van der Waals surface area contributed by atoms with Gasteiger partial charge in [0, 0.05) is 22.9 Å². The standard InChI is InChI=1S/C19H24ClN3O2/c20-15-5-11-18(12-6-15)25-14-4-2-1-3-13-22-19(24)23-17-9-7-16(21)8-10-17/h5-12H,1-4,13-14,21H2,(H2,22,23,24). The summed E-state index contributed by atoms with van der Waals surface area (Å²) >= 11 is 5.82. The highest BCUT2D eigenvalue weighted by atomic mass is 35.5. The zero-order valence-electron chi connectivity index (χ0n) is 14.1. The molecular formula is C19H24ClN3O2. The number of hydrogen-bond donors (Lipinski definition) is 3. The molecule has 2 aromatic carbocycles. The second-order valence-corrected chi connectivity index (χ2v) is 6.16. The Hall–Kier alpha value is -2.40. The molecule has 134 valence electrons. The molecule has 4 N–H and O–H groups in total. The summed E-state index contributed by atoms with van der Waals surface area (Å²) in [7, 11) is 0. The Labute approximate surface area is 153 Å². The molecule has 0 fully saturated rings. The number of hydrogen-bond acceptors (Lipinski definition) is 3. The number of nitrogen functional groups attached to an aromatic ring is 1. The van der Waals surface area contributed by atoms with Crippen LogP contribution < -0.4 is 21.1 Å². The van der Waals surface area contributed by atoms with Gasteiger partial charge in [0.15, 0.2) is 0 Å². The lowest BCUT2D eigenvalue weighted by Gasteiger charge is -2.08. The van der Waals surface area contributed by atoms with Gasteiger partial charge in [-0.25, -0.2) is 4.79 Å². The second-order valence-electron chi connectivity index (χ2n) is 5.72. The lowest BCUT2D eigenvalue weighted by atomic mass is 10.2. The van der Waals surface area contributed by atoms with Crippen molar-refractivity contribution in [3.8, 4) is 5.75 Å². The summed E-state index contributed by atoms with van der Waals surface area (Å²) in [5.74, 6) is 0.838. The van der Waals surface area contributed by atoms with Crippen LogP contribution in [0.15, 0.2) is 48.5 Å². The van der Waals surface area contributed by atoms with Gasteiger partial charge in [-0.2, -0.15) is 0 Å². The number of amides is 2. The van der Waals surface area contributed by atoms with Crippen molar-refractivity contribution in [3.05, 3.63) is 53.6 Å². The van der Waals surface area contributed by atoms with E-state index in [4.69, 9.17) is 22.1 Å². The topological polar surface area (TPSA) is 76.4 Å². The molecule has 0 aromatic heterocycles. The zero-order valence-corrected chi connectivity index (χ0v) is 14.9. The number of anilines is 2. The fourth-order valence-corrected chi connectivity index (χ4v) is 2.37. The number of benzene rings is 2. The van der Waals surface area contributed by atoms with Crippen LogP contribution in [-0.4, -0.2) is 19.2 Å². The van der Waals surface area contributed by atoms with Crippen LogP contribution in [0.4, 0.5) is 16.2 Å². The van der Waals surface area contributed by atoms with Gasteiger partial charge in [-0.15, -0.1) is 0 Å². The Morgan fingerprint density at radius 2 is 1.64 bits per heavy atom. The fourth-order valence-electron chi connectivity index (χ4n) is 2.25. The largest absolute Gasteiger partial charge is 0.494 e. The van der Waals surface area contributed by atoms with Gasteiger partial charge in [0.2, 0.25) is 0 Å². The molecule has 0 heterocycles. The summed E-state index contributed by atoms with van der Waals surface area (Å²) in [5.41, 5.74) is 7.00. The van der Waals surface area contributed by atoms with Crippen molar-refractivity contribution in [2.45, 2.75) is 25.7 Å². The van der Waals surface area contributed by atoms with Gasteiger partial charge < -0.3 is 21.1 Å². The van der Waals surface area contributed by atoms with Crippen LogP contribution in [0.2, 0.25) is 5.02 Å². The van der Waals surface area contributed by atoms with Crippen LogP contribution >= 0.6 is 11.6 Å². The smallest absolute Gasteiger partial charge is 0.319 e. The van der Waals surface area contributed by atoms with E-state index in [0.717, 1.165) is 37.1 Å². The second kappa shape index (κ2) is 10.5. The van der Waals surface area contributed by atoms with E-state index in [1.54, 1.807) is 24.3 Å². The first-order chi connectivity index (χ1) is 12.1. The maximum Gasteiger partial charge on any atom is 0.319 e. The Bertz CT molecular complexity index is 645. The summed E-state index contributed by atoms with van der Waals surface area (Å²) in [6, 6.07) is 14.2. The molecule has 0 radical (unpaired) electrons. The Morgan fingerprint density at radius 1 is 0.960 bits per heavy atom. The van der Waals surface area contributed by atoms with Crippen LogP contribution in [0, 0.1) is 0 Å². The summed E-state index contributed by atoms with van der Waals surface area (Å²) in [6.45, 7) is 1.34. The van der Waals surface area contributed by atoms with Crippen LogP contribution in [-0.2, 0) is 0 Å². The molecule has 2 rings (SSSR count). The molecule has 2 aromatic rings. The molecule has 25 heavy (non-hydrogen) atoms. The average molecular weight is 362 g/mol. The van der Waals surface area contributed by atoms with Crippen molar-refractivity contribution in [2.75, 3.05) is 24.2 Å². The van der Waals surface area contributed by atoms with Crippen molar-refractivity contribution < 1.29 is 9.53 Å². The van der Waals surface area contributed by atoms with Crippen molar-refractivity contribution in [3.63, 3.8) is 0 Å². The third kappa shape index (κ3) is 7.81. The number of nitrogens with two attached hydrogens (primary N) is 1. The van der Waals surface area contributed by atoms with Gasteiger partial charge in [0.05, 0.1) is 6.61 Å². The monoisotopic (exact) mass is 361 g/mol. The number of carbonyl (C=O) groups excluding carboxylic acids is 1. The minimum atomic E-state index is -0.198. The maximum absolute atomic E-state index is 11.7. The van der Waals surface area contributed by atoms with Gasteiger partial charge in [-0.3, -0.25) is 0 Å². The molecule has 0 aliphatic heterocycles. The van der Waals surface area contributed by atoms with Gasteiger partial charge in [0.1, 0.15) is 5.75 Å². The first kappa shape index (κ1) is 18.9. The quantitative estimate of drug-likeness (QED) is 0.448. The zero-order chi connectivity index (χ0) is 17.9. The van der Waals surface area contributed by atoms with Crippen molar-refractivity contribution in [1.29, 1.82) is 0 Å². The molecule has 0 bridgehead atoms. The summed E-state index contributed by atoms with van der Waals surface area (Å²) in [4.78, 5) is 11.7. The van der Waals surface area contributed by atoms with Gasteiger partial charge >= 0.3 is 6.03 Å². The number of nitrogens with one attached hydrogen (secondary N) is 2. The molecule has 0 saturated carbocycles. The fraction of sp³-hybridized carbons (Fsp3) is 0.316. The number of carbonyl (C=O) groups is 1. The summed E-state index contributed by atoms with van der Waals surface area (Å²) in [6.07, 6.45) is 4.04. The lowest BCUT2D eigenvalue weighted by molar-refractivity contribution is 0.251. The van der Waals surface area contributed by atoms with E-state index >= 15 is 0 Å². The molecule has 2 amide bonds. The van der Waals surface area contributed by atoms with Crippen LogP contribution in [0.3, 0.4) is 0 Å². The Kier molecular flexibility index (Phi) is 7.92. The highest BCUT2D eigenvalue weighted by Gasteiger charge is 2.00. The van der Waals surface area contributed by atoms with Gasteiger partial charge in [-0.05, 0) is 61.4 Å². The van der Waals surface area contributed by atoms with Crippen LogP contribution in [0.25, 0.3) is 0 Å². The number of urea groups is 1. The average Bonchev–Trinajstić information content (AvgIpc) is 2.61. The molecule has 0 aliphatic carbocycles. The maximum atomic E-state index is 11.7. The third-order valence-corrected chi connectivity index (χ3v) is 3.86. The van der Waals surface area contributed by atoms with Crippen molar-refractivity contribution >= 4 is 29.0 Å². The van der Waals surface area contributed by atoms with Crippen molar-refractivity contribution in [2.24, 2.45) is 0 Å². The molecule has 5 nitrogen and oxygen atoms in total. The highest BCUT2D eigenvalue weighted by Crippen LogP contribution is 2.16. The molecule has 0 atom stereocenters. The minimum Gasteiger partial charge on any atom is -0.494 e. The van der Waals surface area contributed by atoms with E-state index in [0.29, 0.717) is 23.9 Å². The number of halogens is 1. The van der Waals surface area contributed by atoms with E-state index < -0.39 is 0 Å². The predicted octanol–water partition coefficient (Wildman–Crippen LogP) is 4.68. The Balaban J connectivity index is 1.47. The molecular weight excluding hydrogens is 338 g/mol.